The standard InChI is InChI=1S/C12H17NO/c1-4-10(6-5-9(2)3)12(14)13-11-7-8-11/h4-6,11H,2,7-8H2,1,3H3,(H,13,14)/b6-5-,10-4+. The van der Waals surface area contributed by atoms with Crippen LogP contribution in [0, 0.1) is 0 Å². The van der Waals surface area contributed by atoms with Crippen LogP contribution in [0.15, 0.2) is 36.0 Å². The molecule has 0 saturated heterocycles. The van der Waals surface area contributed by atoms with Gasteiger partial charge < -0.3 is 5.32 Å². The Balaban J connectivity index is 2.52. The van der Waals surface area contributed by atoms with Crippen LogP contribution in [0.25, 0.3) is 0 Å². The molecule has 0 bridgehead atoms. The molecule has 1 fully saturated rings. The molecule has 1 aliphatic carbocycles. The third-order valence-corrected chi connectivity index (χ3v) is 2.03. The zero-order valence-electron chi connectivity index (χ0n) is 8.84. The zero-order valence-corrected chi connectivity index (χ0v) is 8.84. The molecule has 1 amide bonds. The van der Waals surface area contributed by atoms with Crippen LogP contribution in [-0.4, -0.2) is 11.9 Å². The second-order valence-electron chi connectivity index (χ2n) is 3.67. The minimum absolute atomic E-state index is 0.0208. The summed E-state index contributed by atoms with van der Waals surface area (Å²) in [5, 5.41) is 2.94. The summed E-state index contributed by atoms with van der Waals surface area (Å²) < 4.78 is 0. The van der Waals surface area contributed by atoms with Gasteiger partial charge in [0.2, 0.25) is 0 Å². The third-order valence-electron chi connectivity index (χ3n) is 2.03. The number of allylic oxidation sites excluding steroid dienone is 3. The largest absolute Gasteiger partial charge is 0.349 e. The van der Waals surface area contributed by atoms with E-state index in [2.05, 4.69) is 11.9 Å². The van der Waals surface area contributed by atoms with Crippen LogP contribution in [0.1, 0.15) is 26.7 Å². The van der Waals surface area contributed by atoms with Crippen molar-refractivity contribution in [1.82, 2.24) is 5.32 Å². The monoisotopic (exact) mass is 191 g/mol. The van der Waals surface area contributed by atoms with Crippen LogP contribution < -0.4 is 5.32 Å². The molecular formula is C12H17NO. The Kier molecular flexibility index (Phi) is 3.69. The molecule has 0 heterocycles. The van der Waals surface area contributed by atoms with Crippen molar-refractivity contribution in [3.05, 3.63) is 36.0 Å². The van der Waals surface area contributed by atoms with Gasteiger partial charge in [0.25, 0.3) is 5.91 Å². The van der Waals surface area contributed by atoms with E-state index in [4.69, 9.17) is 0 Å². The number of carbonyl (C=O) groups excluding carboxylic acids is 1. The maximum atomic E-state index is 11.6. The highest BCUT2D eigenvalue weighted by atomic mass is 16.1. The molecular weight excluding hydrogens is 174 g/mol. The molecule has 1 N–H and O–H groups in total. The summed E-state index contributed by atoms with van der Waals surface area (Å²) in [7, 11) is 0. The molecule has 0 aromatic rings. The van der Waals surface area contributed by atoms with Gasteiger partial charge in [0.1, 0.15) is 0 Å². The van der Waals surface area contributed by atoms with Gasteiger partial charge in [-0.2, -0.15) is 0 Å². The van der Waals surface area contributed by atoms with Gasteiger partial charge in [-0.15, -0.1) is 0 Å². The Morgan fingerprint density at radius 1 is 1.43 bits per heavy atom. The molecule has 2 heteroatoms. The van der Waals surface area contributed by atoms with Gasteiger partial charge in [-0.3, -0.25) is 4.79 Å². The van der Waals surface area contributed by atoms with Crippen molar-refractivity contribution in [1.29, 1.82) is 0 Å². The maximum Gasteiger partial charge on any atom is 0.251 e. The van der Waals surface area contributed by atoms with Gasteiger partial charge in [0, 0.05) is 11.6 Å². The first-order chi connectivity index (χ1) is 6.63. The number of carbonyl (C=O) groups is 1. The predicted octanol–water partition coefficient (Wildman–Crippen LogP) is 2.34. The molecule has 0 radical (unpaired) electrons. The fraction of sp³-hybridized carbons (Fsp3) is 0.417. The van der Waals surface area contributed by atoms with Gasteiger partial charge in [-0.05, 0) is 32.8 Å². The first-order valence-corrected chi connectivity index (χ1v) is 4.94. The summed E-state index contributed by atoms with van der Waals surface area (Å²) in [6.07, 6.45) is 7.71. The molecule has 0 atom stereocenters. The summed E-state index contributed by atoms with van der Waals surface area (Å²) in [5.74, 6) is 0.0208. The number of hydrogen-bond donors (Lipinski definition) is 1. The van der Waals surface area contributed by atoms with Crippen molar-refractivity contribution >= 4 is 5.91 Å². The molecule has 0 aliphatic heterocycles. The van der Waals surface area contributed by atoms with Crippen LogP contribution in [0.5, 0.6) is 0 Å². The molecule has 1 saturated carbocycles. The first-order valence-electron chi connectivity index (χ1n) is 4.94. The van der Waals surface area contributed by atoms with Crippen LogP contribution >= 0.6 is 0 Å². The summed E-state index contributed by atoms with van der Waals surface area (Å²) in [4.78, 5) is 11.6. The minimum atomic E-state index is 0.0208. The summed E-state index contributed by atoms with van der Waals surface area (Å²) in [6, 6.07) is 0.413. The van der Waals surface area contributed by atoms with E-state index in [9.17, 15) is 4.79 Å². The van der Waals surface area contributed by atoms with Crippen LogP contribution in [0.3, 0.4) is 0 Å². The minimum Gasteiger partial charge on any atom is -0.349 e. The van der Waals surface area contributed by atoms with Crippen molar-refractivity contribution in [3.8, 4) is 0 Å². The van der Waals surface area contributed by atoms with Gasteiger partial charge in [-0.1, -0.05) is 24.3 Å². The highest BCUT2D eigenvalue weighted by molar-refractivity contribution is 5.96. The van der Waals surface area contributed by atoms with Gasteiger partial charge >= 0.3 is 0 Å². The predicted molar refractivity (Wildman–Crippen MR) is 58.9 cm³/mol. The van der Waals surface area contributed by atoms with E-state index >= 15 is 0 Å². The highest BCUT2D eigenvalue weighted by Crippen LogP contribution is 2.19. The molecule has 1 aliphatic rings. The molecule has 2 nitrogen and oxygen atoms in total. The summed E-state index contributed by atoms with van der Waals surface area (Å²) in [5.41, 5.74) is 1.66. The average Bonchev–Trinajstić information content (AvgIpc) is 2.88. The molecule has 0 unspecified atom stereocenters. The molecule has 0 spiro atoms. The smallest absolute Gasteiger partial charge is 0.251 e. The zero-order chi connectivity index (χ0) is 10.6. The number of hydrogen-bond acceptors (Lipinski definition) is 1. The molecule has 1 rings (SSSR count). The van der Waals surface area contributed by atoms with Crippen LogP contribution in [-0.2, 0) is 4.79 Å². The molecule has 0 aromatic carbocycles. The lowest BCUT2D eigenvalue weighted by molar-refractivity contribution is -0.117. The van der Waals surface area contributed by atoms with Crippen molar-refractivity contribution in [2.45, 2.75) is 32.7 Å². The topological polar surface area (TPSA) is 29.1 Å². The third kappa shape index (κ3) is 3.60. The summed E-state index contributed by atoms with van der Waals surface area (Å²) in [6.45, 7) is 7.52. The van der Waals surface area contributed by atoms with Gasteiger partial charge in [-0.25, -0.2) is 0 Å². The lowest BCUT2D eigenvalue weighted by Crippen LogP contribution is -2.26. The Morgan fingerprint density at radius 2 is 2.07 bits per heavy atom. The van der Waals surface area contributed by atoms with Crippen LogP contribution in [0.2, 0.25) is 0 Å². The maximum absolute atomic E-state index is 11.6. The van der Waals surface area contributed by atoms with E-state index in [0.717, 1.165) is 18.4 Å². The highest BCUT2D eigenvalue weighted by Gasteiger charge is 2.23. The van der Waals surface area contributed by atoms with Crippen LogP contribution in [0.4, 0.5) is 0 Å². The fourth-order valence-electron chi connectivity index (χ4n) is 1.03. The molecule has 0 aromatic heterocycles. The van der Waals surface area contributed by atoms with Crippen molar-refractivity contribution < 1.29 is 4.79 Å². The fourth-order valence-corrected chi connectivity index (χ4v) is 1.03. The molecule has 14 heavy (non-hydrogen) atoms. The van der Waals surface area contributed by atoms with Gasteiger partial charge in [0.15, 0.2) is 0 Å². The van der Waals surface area contributed by atoms with E-state index in [0.29, 0.717) is 11.6 Å². The number of rotatable bonds is 4. The van der Waals surface area contributed by atoms with E-state index in [1.165, 1.54) is 0 Å². The second kappa shape index (κ2) is 4.80. The van der Waals surface area contributed by atoms with Crippen molar-refractivity contribution in [3.63, 3.8) is 0 Å². The Bertz CT molecular complexity index is 295. The summed E-state index contributed by atoms with van der Waals surface area (Å²) >= 11 is 0. The van der Waals surface area contributed by atoms with E-state index in [1.54, 1.807) is 6.08 Å². The Labute approximate surface area is 85.4 Å². The van der Waals surface area contributed by atoms with Crippen molar-refractivity contribution in [2.24, 2.45) is 0 Å². The van der Waals surface area contributed by atoms with E-state index < -0.39 is 0 Å². The Morgan fingerprint density at radius 3 is 2.50 bits per heavy atom. The first kappa shape index (κ1) is 10.8. The van der Waals surface area contributed by atoms with Gasteiger partial charge in [0.05, 0.1) is 0 Å². The average molecular weight is 191 g/mol. The van der Waals surface area contributed by atoms with E-state index in [-0.39, 0.29) is 5.91 Å². The van der Waals surface area contributed by atoms with E-state index in [1.807, 2.05) is 26.0 Å². The lowest BCUT2D eigenvalue weighted by Gasteiger charge is -2.02. The molecule has 76 valence electrons. The lowest BCUT2D eigenvalue weighted by atomic mass is 10.2. The SMILES string of the molecule is C=C(C)/C=C\C(=C/C)C(=O)NC1CC1. The van der Waals surface area contributed by atoms with Crippen molar-refractivity contribution in [2.75, 3.05) is 0 Å². The normalized spacial score (nSPS) is 17.1. The number of nitrogens with one attached hydrogen (secondary N) is 1. The number of amides is 1. The quantitative estimate of drug-likeness (QED) is 0.536. The second-order valence-corrected chi connectivity index (χ2v) is 3.67. The Hall–Kier alpha value is -1.31.